The van der Waals surface area contributed by atoms with E-state index >= 15 is 0 Å². The Labute approximate surface area is 169 Å². The van der Waals surface area contributed by atoms with Gasteiger partial charge in [-0.15, -0.1) is 0 Å². The van der Waals surface area contributed by atoms with E-state index in [1.54, 1.807) is 30.2 Å². The molecule has 2 amide bonds. The van der Waals surface area contributed by atoms with Crippen LogP contribution in [0.5, 0.6) is 0 Å². The fraction of sp³-hybridized carbons (Fsp3) is 0.350. The van der Waals surface area contributed by atoms with Gasteiger partial charge in [-0.05, 0) is 30.9 Å². The van der Waals surface area contributed by atoms with E-state index < -0.39 is 0 Å². The highest BCUT2D eigenvalue weighted by Gasteiger charge is 2.18. The summed E-state index contributed by atoms with van der Waals surface area (Å²) < 4.78 is 3.08. The van der Waals surface area contributed by atoms with E-state index in [4.69, 9.17) is 0 Å². The number of rotatable bonds is 6. The Kier molecular flexibility index (Phi) is 5.76. The summed E-state index contributed by atoms with van der Waals surface area (Å²) in [6.07, 6.45) is 6.24. The van der Waals surface area contributed by atoms with Gasteiger partial charge in [-0.2, -0.15) is 10.2 Å². The highest BCUT2D eigenvalue weighted by atomic mass is 16.2. The summed E-state index contributed by atoms with van der Waals surface area (Å²) >= 11 is 0. The van der Waals surface area contributed by atoms with Crippen LogP contribution in [-0.2, 0) is 13.5 Å². The highest BCUT2D eigenvalue weighted by Crippen LogP contribution is 2.18. The summed E-state index contributed by atoms with van der Waals surface area (Å²) in [5, 5.41) is 13.9. The zero-order chi connectivity index (χ0) is 21.1. The molecule has 0 saturated carbocycles. The van der Waals surface area contributed by atoms with Gasteiger partial charge in [0.25, 0.3) is 11.8 Å². The average Bonchev–Trinajstić information content (AvgIpc) is 3.26. The van der Waals surface area contributed by atoms with Gasteiger partial charge in [-0.3, -0.25) is 19.3 Å². The summed E-state index contributed by atoms with van der Waals surface area (Å²) in [4.78, 5) is 29.2. The minimum Gasteiger partial charge on any atom is -0.354 e. The molecule has 0 fully saturated rings. The normalized spacial score (nSPS) is 11.0. The molecule has 0 aromatic carbocycles. The fourth-order valence-electron chi connectivity index (χ4n) is 3.04. The van der Waals surface area contributed by atoms with Crippen LogP contribution in [0.4, 0.5) is 5.82 Å². The Morgan fingerprint density at radius 1 is 1.17 bits per heavy atom. The van der Waals surface area contributed by atoms with Gasteiger partial charge in [0.15, 0.2) is 5.82 Å². The third-order valence-corrected chi connectivity index (χ3v) is 4.37. The van der Waals surface area contributed by atoms with Crippen LogP contribution in [0.2, 0.25) is 0 Å². The minimum absolute atomic E-state index is 0.282. The van der Waals surface area contributed by atoms with Gasteiger partial charge >= 0.3 is 0 Å². The second-order valence-electron chi connectivity index (χ2n) is 7.31. The van der Waals surface area contributed by atoms with Crippen LogP contribution in [0, 0.1) is 12.8 Å². The first-order valence-corrected chi connectivity index (χ1v) is 9.36. The summed E-state index contributed by atoms with van der Waals surface area (Å²) in [7, 11) is 3.18. The van der Waals surface area contributed by atoms with E-state index in [9.17, 15) is 9.59 Å². The lowest BCUT2D eigenvalue weighted by atomic mass is 10.1. The largest absolute Gasteiger partial charge is 0.354 e. The SMILES string of the molecule is CNC(=O)c1cc(NC(=O)c2cc(C)ncc2-n2cc(CC(C)C)cn2)nn1C. The van der Waals surface area contributed by atoms with Crippen LogP contribution < -0.4 is 10.6 Å². The first-order valence-electron chi connectivity index (χ1n) is 9.36. The number of carbonyl (C=O) groups excluding carboxylic acids is 2. The second-order valence-corrected chi connectivity index (χ2v) is 7.31. The van der Waals surface area contributed by atoms with Gasteiger partial charge in [-0.25, -0.2) is 4.68 Å². The number of aromatic nitrogens is 5. The van der Waals surface area contributed by atoms with Crippen molar-refractivity contribution in [2.75, 3.05) is 12.4 Å². The monoisotopic (exact) mass is 395 g/mol. The van der Waals surface area contributed by atoms with Crippen molar-refractivity contribution in [2.24, 2.45) is 13.0 Å². The van der Waals surface area contributed by atoms with Crippen LogP contribution >= 0.6 is 0 Å². The summed E-state index contributed by atoms with van der Waals surface area (Å²) in [6.45, 7) is 6.10. The Balaban J connectivity index is 1.90. The van der Waals surface area contributed by atoms with E-state index in [-0.39, 0.29) is 17.6 Å². The van der Waals surface area contributed by atoms with Gasteiger partial charge in [0.05, 0.1) is 23.6 Å². The van der Waals surface area contributed by atoms with E-state index in [0.29, 0.717) is 28.6 Å². The number of hydrogen-bond acceptors (Lipinski definition) is 5. The molecule has 0 unspecified atom stereocenters. The maximum absolute atomic E-state index is 13.0. The number of hydrogen-bond donors (Lipinski definition) is 2. The molecule has 0 atom stereocenters. The fourth-order valence-corrected chi connectivity index (χ4v) is 3.04. The van der Waals surface area contributed by atoms with E-state index in [1.807, 2.05) is 13.1 Å². The summed E-state index contributed by atoms with van der Waals surface area (Å²) in [5.41, 5.74) is 3.14. The van der Waals surface area contributed by atoms with Crippen molar-refractivity contribution in [3.8, 4) is 5.69 Å². The first kappa shape index (κ1) is 20.2. The lowest BCUT2D eigenvalue weighted by Crippen LogP contribution is -2.20. The van der Waals surface area contributed by atoms with Crippen LogP contribution in [0.3, 0.4) is 0 Å². The zero-order valence-corrected chi connectivity index (χ0v) is 17.2. The predicted molar refractivity (Wildman–Crippen MR) is 109 cm³/mol. The molecule has 3 rings (SSSR count). The molecule has 3 aromatic rings. The molecule has 29 heavy (non-hydrogen) atoms. The highest BCUT2D eigenvalue weighted by molar-refractivity contribution is 6.06. The van der Waals surface area contributed by atoms with E-state index in [0.717, 1.165) is 12.0 Å². The zero-order valence-electron chi connectivity index (χ0n) is 17.2. The number of pyridine rings is 1. The Hall–Kier alpha value is -3.49. The van der Waals surface area contributed by atoms with Gasteiger partial charge < -0.3 is 10.6 Å². The number of anilines is 1. The van der Waals surface area contributed by atoms with Crippen molar-refractivity contribution >= 4 is 17.6 Å². The minimum atomic E-state index is -0.354. The Morgan fingerprint density at radius 3 is 2.62 bits per heavy atom. The second kappa shape index (κ2) is 8.26. The van der Waals surface area contributed by atoms with Gasteiger partial charge in [-0.1, -0.05) is 13.8 Å². The average molecular weight is 395 g/mol. The summed E-state index contributed by atoms with van der Waals surface area (Å²) in [5.74, 6) is 0.158. The lowest BCUT2D eigenvalue weighted by molar-refractivity contribution is 0.0953. The number of aryl methyl sites for hydroxylation is 2. The third kappa shape index (κ3) is 4.50. The van der Waals surface area contributed by atoms with Gasteiger partial charge in [0.2, 0.25) is 0 Å². The Bertz CT molecular complexity index is 1050. The third-order valence-electron chi connectivity index (χ3n) is 4.37. The van der Waals surface area contributed by atoms with Crippen LogP contribution in [0.1, 0.15) is 46.0 Å². The van der Waals surface area contributed by atoms with Crippen LogP contribution in [0.15, 0.2) is 30.7 Å². The van der Waals surface area contributed by atoms with Gasteiger partial charge in [0.1, 0.15) is 5.69 Å². The molecule has 9 heteroatoms. The molecule has 0 saturated heterocycles. The first-order chi connectivity index (χ1) is 13.8. The van der Waals surface area contributed by atoms with Crippen molar-refractivity contribution in [1.82, 2.24) is 29.9 Å². The molecule has 3 heterocycles. The molecule has 2 N–H and O–H groups in total. The molecule has 0 aliphatic heterocycles. The molecular formula is C20H25N7O2. The lowest BCUT2D eigenvalue weighted by Gasteiger charge is -2.10. The molecule has 0 radical (unpaired) electrons. The number of nitrogens with one attached hydrogen (secondary N) is 2. The quantitative estimate of drug-likeness (QED) is 0.665. The molecule has 0 spiro atoms. The van der Waals surface area contributed by atoms with Gasteiger partial charge in [0, 0.05) is 32.1 Å². The maximum Gasteiger partial charge on any atom is 0.269 e. The predicted octanol–water partition coefficient (Wildman–Crippen LogP) is 2.12. The maximum atomic E-state index is 13.0. The van der Waals surface area contributed by atoms with Crippen LogP contribution in [0.25, 0.3) is 5.69 Å². The van der Waals surface area contributed by atoms with Crippen LogP contribution in [-0.4, -0.2) is 43.4 Å². The van der Waals surface area contributed by atoms with E-state index in [1.165, 1.54) is 17.8 Å². The topological polar surface area (TPSA) is 107 Å². The van der Waals surface area contributed by atoms with Crippen molar-refractivity contribution in [2.45, 2.75) is 27.2 Å². The molecule has 0 aliphatic rings. The molecular weight excluding hydrogens is 370 g/mol. The van der Waals surface area contributed by atoms with E-state index in [2.05, 4.69) is 39.7 Å². The number of nitrogens with zero attached hydrogens (tertiary/aromatic N) is 5. The summed E-state index contributed by atoms with van der Waals surface area (Å²) in [6, 6.07) is 3.23. The van der Waals surface area contributed by atoms with Crippen molar-refractivity contribution in [3.63, 3.8) is 0 Å². The molecule has 0 bridgehead atoms. The van der Waals surface area contributed by atoms with Crippen molar-refractivity contribution in [3.05, 3.63) is 53.2 Å². The smallest absolute Gasteiger partial charge is 0.269 e. The molecule has 9 nitrogen and oxygen atoms in total. The number of carbonyl (C=O) groups is 2. The van der Waals surface area contributed by atoms with Crippen molar-refractivity contribution < 1.29 is 9.59 Å². The Morgan fingerprint density at radius 2 is 1.93 bits per heavy atom. The number of amides is 2. The molecule has 0 aliphatic carbocycles. The molecule has 152 valence electrons. The molecule has 3 aromatic heterocycles. The van der Waals surface area contributed by atoms with Crippen molar-refractivity contribution in [1.29, 1.82) is 0 Å². The standard InChI is InChI=1S/C20H25N7O2/c1-12(2)6-14-9-23-27(11-14)17-10-22-13(3)7-15(17)19(28)24-18-8-16(20(29)21-4)26(5)25-18/h7-12H,6H2,1-5H3,(H,21,29)(H,24,25,28).